The molecule has 0 bridgehead atoms. The maximum absolute atomic E-state index is 9.76. The second-order valence-electron chi connectivity index (χ2n) is 3.72. The molecule has 2 rings (SSSR count). The van der Waals surface area contributed by atoms with E-state index in [0.717, 1.165) is 11.7 Å². The number of ether oxygens (including phenoxy) is 1. The van der Waals surface area contributed by atoms with Crippen LogP contribution in [0.25, 0.3) is 0 Å². The van der Waals surface area contributed by atoms with Crippen molar-refractivity contribution in [3.63, 3.8) is 0 Å². The van der Waals surface area contributed by atoms with Crippen LogP contribution in [-0.4, -0.2) is 33.1 Å². The van der Waals surface area contributed by atoms with E-state index in [-0.39, 0.29) is 13.2 Å². The van der Waals surface area contributed by atoms with Gasteiger partial charge in [-0.05, 0) is 18.2 Å². The van der Waals surface area contributed by atoms with E-state index in [0.29, 0.717) is 21.6 Å². The number of benzene rings is 1. The number of aliphatic hydroxyl groups excluding tert-OH is 1. The van der Waals surface area contributed by atoms with Crippen LogP contribution in [0.15, 0.2) is 24.4 Å². The summed E-state index contributed by atoms with van der Waals surface area (Å²) >= 11 is 12.9. The van der Waals surface area contributed by atoms with Gasteiger partial charge >= 0.3 is 0 Å². The monoisotopic (exact) mass is 319 g/mol. The summed E-state index contributed by atoms with van der Waals surface area (Å²) in [4.78, 5) is 0. The van der Waals surface area contributed by atoms with Crippen molar-refractivity contribution in [1.29, 1.82) is 0 Å². The zero-order chi connectivity index (χ0) is 13.7. The number of hydrogen-bond acceptors (Lipinski definition) is 6. The van der Waals surface area contributed by atoms with Gasteiger partial charge in [-0.25, -0.2) is 0 Å². The van der Waals surface area contributed by atoms with E-state index in [2.05, 4.69) is 14.1 Å². The molecule has 2 N–H and O–H groups in total. The third-order valence-corrected chi connectivity index (χ3v) is 3.25. The Morgan fingerprint density at radius 3 is 3.00 bits per heavy atom. The lowest BCUT2D eigenvalue weighted by atomic mass is 10.3. The number of aliphatic hydroxyl groups is 1. The fourth-order valence-corrected chi connectivity index (χ4v) is 2.04. The molecule has 1 aromatic heterocycles. The first-order valence-electron chi connectivity index (χ1n) is 5.42. The number of aromatic nitrogens is 2. The van der Waals surface area contributed by atoms with Crippen LogP contribution >= 0.6 is 34.9 Å². The summed E-state index contributed by atoms with van der Waals surface area (Å²) < 4.78 is 12.9. The van der Waals surface area contributed by atoms with Crippen molar-refractivity contribution in [1.82, 2.24) is 8.75 Å². The Balaban J connectivity index is 1.79. The van der Waals surface area contributed by atoms with E-state index in [4.69, 9.17) is 27.9 Å². The Morgan fingerprint density at radius 2 is 2.26 bits per heavy atom. The van der Waals surface area contributed by atoms with Crippen molar-refractivity contribution < 1.29 is 9.84 Å². The smallest absolute Gasteiger partial charge is 0.245 e. The molecule has 102 valence electrons. The summed E-state index contributed by atoms with van der Waals surface area (Å²) in [6.45, 7) is 0.411. The molecule has 1 atom stereocenters. The summed E-state index contributed by atoms with van der Waals surface area (Å²) in [5.41, 5.74) is 0.670. The molecule has 0 spiro atoms. The van der Waals surface area contributed by atoms with Gasteiger partial charge in [-0.3, -0.25) is 0 Å². The largest absolute Gasteiger partial charge is 0.473 e. The molecular weight excluding hydrogens is 309 g/mol. The molecule has 0 radical (unpaired) electrons. The topological polar surface area (TPSA) is 67.3 Å². The summed E-state index contributed by atoms with van der Waals surface area (Å²) in [7, 11) is 0. The molecule has 2 aromatic rings. The third kappa shape index (κ3) is 4.50. The van der Waals surface area contributed by atoms with Gasteiger partial charge in [0, 0.05) is 11.6 Å². The van der Waals surface area contributed by atoms with E-state index in [1.165, 1.54) is 6.20 Å². The van der Waals surface area contributed by atoms with E-state index >= 15 is 0 Å². The number of hydrogen-bond donors (Lipinski definition) is 2. The lowest BCUT2D eigenvalue weighted by Crippen LogP contribution is -2.26. The molecule has 0 fully saturated rings. The Labute approximate surface area is 124 Å². The highest BCUT2D eigenvalue weighted by Gasteiger charge is 2.08. The maximum atomic E-state index is 9.76. The van der Waals surface area contributed by atoms with E-state index < -0.39 is 6.10 Å². The quantitative estimate of drug-likeness (QED) is 0.856. The predicted octanol–water partition coefficient (Wildman–Crippen LogP) is 2.70. The minimum absolute atomic E-state index is 0.122. The van der Waals surface area contributed by atoms with Crippen LogP contribution in [0, 0.1) is 0 Å². The second-order valence-corrected chi connectivity index (χ2v) is 5.12. The molecule has 1 aromatic carbocycles. The SMILES string of the molecule is OC(CNc1cc(Cl)ccc1Cl)COc1cnsn1. The first-order valence-corrected chi connectivity index (χ1v) is 6.91. The molecule has 1 heterocycles. The van der Waals surface area contributed by atoms with Gasteiger partial charge in [-0.1, -0.05) is 23.2 Å². The molecule has 19 heavy (non-hydrogen) atoms. The van der Waals surface area contributed by atoms with Crippen molar-refractivity contribution in [2.75, 3.05) is 18.5 Å². The van der Waals surface area contributed by atoms with Gasteiger partial charge in [0.2, 0.25) is 5.88 Å². The number of halogens is 2. The van der Waals surface area contributed by atoms with Gasteiger partial charge in [-0.15, -0.1) is 4.37 Å². The predicted molar refractivity (Wildman–Crippen MR) is 76.4 cm³/mol. The summed E-state index contributed by atoms with van der Waals surface area (Å²) in [5, 5.41) is 13.9. The van der Waals surface area contributed by atoms with Gasteiger partial charge < -0.3 is 15.2 Å². The summed E-state index contributed by atoms with van der Waals surface area (Å²) in [6.07, 6.45) is 0.801. The fourth-order valence-electron chi connectivity index (χ4n) is 1.32. The van der Waals surface area contributed by atoms with Crippen LogP contribution in [0.4, 0.5) is 5.69 Å². The fraction of sp³-hybridized carbons (Fsp3) is 0.273. The molecular formula is C11H11Cl2N3O2S. The molecule has 1 unspecified atom stereocenters. The van der Waals surface area contributed by atoms with Crippen molar-refractivity contribution in [3.05, 3.63) is 34.4 Å². The first kappa shape index (κ1) is 14.3. The van der Waals surface area contributed by atoms with Crippen LogP contribution in [0.1, 0.15) is 0 Å². The molecule has 0 saturated heterocycles. The number of nitrogens with zero attached hydrogens (tertiary/aromatic N) is 2. The van der Waals surface area contributed by atoms with Crippen LogP contribution in [0.2, 0.25) is 10.0 Å². The molecule has 0 amide bonds. The van der Waals surface area contributed by atoms with Crippen molar-refractivity contribution in [3.8, 4) is 5.88 Å². The zero-order valence-corrected chi connectivity index (χ0v) is 12.0. The average Bonchev–Trinajstić information content (AvgIpc) is 2.90. The molecule has 0 saturated carbocycles. The second kappa shape index (κ2) is 6.91. The Hall–Kier alpha value is -1.08. The highest BCUT2D eigenvalue weighted by molar-refractivity contribution is 6.99. The van der Waals surface area contributed by atoms with E-state index in [9.17, 15) is 5.11 Å². The number of anilines is 1. The van der Waals surface area contributed by atoms with Crippen LogP contribution in [0.5, 0.6) is 5.88 Å². The molecule has 0 aliphatic rings. The summed E-state index contributed by atoms with van der Waals surface area (Å²) in [5.74, 6) is 0.407. The van der Waals surface area contributed by atoms with Gasteiger partial charge in [0.15, 0.2) is 0 Å². The van der Waals surface area contributed by atoms with Gasteiger partial charge in [0.05, 0.1) is 22.4 Å². The van der Waals surface area contributed by atoms with Crippen molar-refractivity contribution in [2.45, 2.75) is 6.10 Å². The van der Waals surface area contributed by atoms with Gasteiger partial charge in [-0.2, -0.15) is 4.37 Å². The van der Waals surface area contributed by atoms with Crippen molar-refractivity contribution >= 4 is 40.6 Å². The van der Waals surface area contributed by atoms with Gasteiger partial charge in [0.25, 0.3) is 0 Å². The maximum Gasteiger partial charge on any atom is 0.245 e. The van der Waals surface area contributed by atoms with Crippen LogP contribution in [0.3, 0.4) is 0 Å². The zero-order valence-electron chi connectivity index (χ0n) is 9.72. The Kier molecular flexibility index (Phi) is 5.21. The number of rotatable bonds is 6. The molecule has 8 heteroatoms. The van der Waals surface area contributed by atoms with Crippen LogP contribution < -0.4 is 10.1 Å². The van der Waals surface area contributed by atoms with Crippen molar-refractivity contribution in [2.24, 2.45) is 0 Å². The van der Waals surface area contributed by atoms with Crippen LogP contribution in [-0.2, 0) is 0 Å². The minimum Gasteiger partial charge on any atom is -0.473 e. The standard InChI is InChI=1S/C11H11Cl2N3O2S/c12-7-1-2-9(13)10(3-7)14-4-8(17)6-18-11-5-15-19-16-11/h1-3,5,8,14,17H,4,6H2. The highest BCUT2D eigenvalue weighted by atomic mass is 35.5. The van der Waals surface area contributed by atoms with E-state index in [1.807, 2.05) is 0 Å². The average molecular weight is 320 g/mol. The molecule has 0 aliphatic carbocycles. The highest BCUT2D eigenvalue weighted by Crippen LogP contribution is 2.25. The molecule has 0 aliphatic heterocycles. The normalized spacial score (nSPS) is 12.2. The van der Waals surface area contributed by atoms with E-state index in [1.54, 1.807) is 18.2 Å². The Bertz CT molecular complexity index is 525. The van der Waals surface area contributed by atoms with Gasteiger partial charge in [0.1, 0.15) is 18.9 Å². The minimum atomic E-state index is -0.697. The third-order valence-electron chi connectivity index (χ3n) is 2.22. The lowest BCUT2D eigenvalue weighted by molar-refractivity contribution is 0.115. The summed E-state index contributed by atoms with van der Waals surface area (Å²) in [6, 6.07) is 5.09. The lowest BCUT2D eigenvalue weighted by Gasteiger charge is -2.13. The molecule has 5 nitrogen and oxygen atoms in total. The first-order chi connectivity index (χ1) is 9.15. The Morgan fingerprint density at radius 1 is 1.42 bits per heavy atom. The number of nitrogens with one attached hydrogen (secondary N) is 1.